The number of alkyl halides is 2. The predicted molar refractivity (Wildman–Crippen MR) is 223 cm³/mol. The number of aryl methyl sites for hydroxylation is 1. The lowest BCUT2D eigenvalue weighted by atomic mass is 10.0. The number of hydrogen-bond donors (Lipinski definition) is 3. The van der Waals surface area contributed by atoms with Gasteiger partial charge in [0, 0.05) is 34.7 Å². The third-order valence-corrected chi connectivity index (χ3v) is 15.0. The van der Waals surface area contributed by atoms with Crippen molar-refractivity contribution in [2.24, 2.45) is 5.92 Å². The summed E-state index contributed by atoms with van der Waals surface area (Å²) in [7, 11) is -2.38. The van der Waals surface area contributed by atoms with Crippen LogP contribution in [0.15, 0.2) is 35.7 Å². The molecule has 2 aliphatic carbocycles. The Balaban J connectivity index is 1.14. The number of nitrogens with zero attached hydrogens (tertiary/aromatic N) is 4. The SMILES string of the molecule is COc1ccc2c(O[C@@H]3C[C@H]4C(=O)N[C@]5(C(=O)NS(=O)(=O)C6CC6)C[C@H]5/C=C\CCCCC[C@H](NC(=O)N5CC(F)(F)C5)C(=O)N4C3)cc(-c3nc(C(C)C)cs3)nc2c1C. The monoisotopic (exact) mass is 883 g/mol. The second-order valence-corrected chi connectivity index (χ2v) is 20.1. The van der Waals surface area contributed by atoms with Crippen molar-refractivity contribution in [2.75, 3.05) is 26.7 Å². The fourth-order valence-electron chi connectivity index (χ4n) is 8.40. The Morgan fingerprint density at radius 2 is 1.84 bits per heavy atom. The fourth-order valence-corrected chi connectivity index (χ4v) is 10.7. The molecule has 61 heavy (non-hydrogen) atoms. The summed E-state index contributed by atoms with van der Waals surface area (Å²) in [5.41, 5.74) is 1.26. The molecule has 3 N–H and O–H groups in total. The van der Waals surface area contributed by atoms with E-state index in [2.05, 4.69) is 29.2 Å². The van der Waals surface area contributed by atoms with Gasteiger partial charge in [-0.05, 0) is 63.5 Å². The Bertz CT molecular complexity index is 2380. The lowest BCUT2D eigenvalue weighted by Crippen LogP contribution is -2.63. The number of likely N-dealkylation sites (tertiary alicyclic amines) is 1. The summed E-state index contributed by atoms with van der Waals surface area (Å²) in [6.07, 6.45) is 6.67. The number of rotatable bonds is 9. The van der Waals surface area contributed by atoms with E-state index < -0.39 is 87.7 Å². The Morgan fingerprint density at radius 1 is 1.07 bits per heavy atom. The van der Waals surface area contributed by atoms with Gasteiger partial charge in [0.05, 0.1) is 43.2 Å². The quantitative estimate of drug-likeness (QED) is 0.242. The zero-order valence-corrected chi connectivity index (χ0v) is 36.2. The third kappa shape index (κ3) is 8.77. The molecule has 3 aliphatic heterocycles. The van der Waals surface area contributed by atoms with Crippen molar-refractivity contribution in [2.45, 2.75) is 119 Å². The number of sulfonamides is 1. The molecule has 328 valence electrons. The highest BCUT2D eigenvalue weighted by molar-refractivity contribution is 7.91. The number of pyridine rings is 1. The van der Waals surface area contributed by atoms with Crippen molar-refractivity contribution in [1.29, 1.82) is 0 Å². The van der Waals surface area contributed by atoms with Crippen LogP contribution in [0.3, 0.4) is 0 Å². The van der Waals surface area contributed by atoms with Crippen LogP contribution in [0, 0.1) is 12.8 Å². The van der Waals surface area contributed by atoms with Crippen LogP contribution in [0.25, 0.3) is 21.6 Å². The van der Waals surface area contributed by atoms with Gasteiger partial charge in [0.1, 0.15) is 45.9 Å². The number of allylic oxidation sites excluding steroid dienone is 1. The van der Waals surface area contributed by atoms with Crippen LogP contribution in [0.1, 0.15) is 88.8 Å². The van der Waals surface area contributed by atoms with Crippen LogP contribution in [0.5, 0.6) is 11.5 Å². The maximum absolute atomic E-state index is 14.7. The first-order valence-corrected chi connectivity index (χ1v) is 23.3. The van der Waals surface area contributed by atoms with Crippen LogP contribution in [-0.4, -0.2) is 114 Å². The van der Waals surface area contributed by atoms with Crippen LogP contribution in [0.4, 0.5) is 13.6 Å². The van der Waals surface area contributed by atoms with Gasteiger partial charge in [-0.2, -0.15) is 0 Å². The van der Waals surface area contributed by atoms with Crippen LogP contribution in [0.2, 0.25) is 0 Å². The number of hydrogen-bond acceptors (Lipinski definition) is 11. The smallest absolute Gasteiger partial charge is 0.318 e. The summed E-state index contributed by atoms with van der Waals surface area (Å²) in [6, 6.07) is 2.22. The van der Waals surface area contributed by atoms with Gasteiger partial charge in [-0.1, -0.05) is 38.8 Å². The highest BCUT2D eigenvalue weighted by atomic mass is 32.2. The molecule has 2 saturated carbocycles. The zero-order chi connectivity index (χ0) is 43.4. The van der Waals surface area contributed by atoms with E-state index >= 15 is 0 Å². The van der Waals surface area contributed by atoms with E-state index in [1.807, 2.05) is 30.5 Å². The van der Waals surface area contributed by atoms with Crippen LogP contribution < -0.4 is 24.8 Å². The number of carbonyl (C=O) groups excluding carboxylic acids is 4. The number of aromatic nitrogens is 2. The molecule has 0 bridgehead atoms. The average Bonchev–Trinajstić information content (AvgIpc) is 4.08. The van der Waals surface area contributed by atoms with Gasteiger partial charge in [0.15, 0.2) is 0 Å². The number of amides is 5. The molecular weight excluding hydrogens is 833 g/mol. The van der Waals surface area contributed by atoms with E-state index in [1.54, 1.807) is 19.2 Å². The van der Waals surface area contributed by atoms with Crippen molar-refractivity contribution < 1.29 is 45.9 Å². The number of ether oxygens (including phenoxy) is 2. The largest absolute Gasteiger partial charge is 0.496 e. The summed E-state index contributed by atoms with van der Waals surface area (Å²) in [5.74, 6) is -4.41. The Hall–Kier alpha value is -4.91. The van der Waals surface area contributed by atoms with E-state index in [4.69, 9.17) is 19.4 Å². The molecular formula is C42H51F2N7O8S2. The van der Waals surface area contributed by atoms with Gasteiger partial charge >= 0.3 is 6.03 Å². The zero-order valence-electron chi connectivity index (χ0n) is 34.5. The van der Waals surface area contributed by atoms with Crippen molar-refractivity contribution in [1.82, 2.24) is 35.1 Å². The van der Waals surface area contributed by atoms with E-state index in [0.717, 1.165) is 16.2 Å². The summed E-state index contributed by atoms with van der Waals surface area (Å²) >= 11 is 1.45. The summed E-state index contributed by atoms with van der Waals surface area (Å²) in [6.45, 7) is 4.34. The molecule has 5 aliphatic rings. The molecule has 4 fully saturated rings. The standard InChI is InChI=1S/C42H51F2N7O8S2/c1-23(2)31-20-60-37(46-31)30-17-34(28-14-15-33(58-4)24(3)35(28)45-30)59-26-16-32-36(52)48-42(39(54)49-61(56,57)27-12-13-27)18-25(42)10-8-6-5-7-9-11-29(38(53)51(32)19-26)47-40(55)50-21-41(43,44)22-50/h8,10,14-15,17,20,23,25-27,29,32H,5-7,9,11-13,16,18-19,21-22H2,1-4H3,(H,47,55)(H,48,52)(H,49,54)/b10-8-/t25-,26-,29+,32+,42-/m1/s1. The van der Waals surface area contributed by atoms with Crippen molar-refractivity contribution in [3.05, 3.63) is 47.0 Å². The minimum absolute atomic E-state index is 0.0296. The predicted octanol–water partition coefficient (Wildman–Crippen LogP) is 5.18. The van der Waals surface area contributed by atoms with E-state index in [0.29, 0.717) is 71.6 Å². The van der Waals surface area contributed by atoms with Gasteiger partial charge in [-0.3, -0.25) is 19.1 Å². The minimum atomic E-state index is -3.95. The maximum atomic E-state index is 14.7. The number of benzene rings is 1. The number of methoxy groups -OCH3 is 1. The second-order valence-electron chi connectivity index (χ2n) is 17.2. The van der Waals surface area contributed by atoms with Crippen LogP contribution >= 0.6 is 11.3 Å². The molecule has 0 unspecified atom stereocenters. The third-order valence-electron chi connectivity index (χ3n) is 12.3. The molecule has 2 saturated heterocycles. The lowest BCUT2D eigenvalue weighted by Gasteiger charge is -2.39. The first kappa shape index (κ1) is 42.8. The number of urea groups is 1. The lowest BCUT2D eigenvalue weighted by molar-refractivity contribution is -0.141. The van der Waals surface area contributed by atoms with Gasteiger partial charge in [0.2, 0.25) is 21.8 Å². The van der Waals surface area contributed by atoms with E-state index in [1.165, 1.54) is 16.2 Å². The topological polar surface area (TPSA) is 189 Å². The molecule has 1 aromatic carbocycles. The Morgan fingerprint density at radius 3 is 2.52 bits per heavy atom. The van der Waals surface area contributed by atoms with Crippen LogP contribution in [-0.2, 0) is 24.4 Å². The molecule has 2 aromatic heterocycles. The van der Waals surface area contributed by atoms with E-state index in [-0.39, 0.29) is 31.7 Å². The summed E-state index contributed by atoms with van der Waals surface area (Å²) in [4.78, 5) is 68.4. The normalized spacial score (nSPS) is 27.2. The number of carbonyl (C=O) groups is 4. The Labute approximate surface area is 357 Å². The summed E-state index contributed by atoms with van der Waals surface area (Å²) in [5, 5.41) is 8.17. The van der Waals surface area contributed by atoms with Crippen molar-refractivity contribution in [3.8, 4) is 22.2 Å². The molecule has 0 radical (unpaired) electrons. The average molecular weight is 884 g/mol. The molecule has 5 heterocycles. The molecule has 0 spiro atoms. The van der Waals surface area contributed by atoms with Gasteiger partial charge < -0.3 is 29.9 Å². The Kier molecular flexibility index (Phi) is 11.5. The number of fused-ring (bicyclic) bond motifs is 3. The molecule has 15 nitrogen and oxygen atoms in total. The highest BCUT2D eigenvalue weighted by Gasteiger charge is 2.62. The first-order valence-electron chi connectivity index (χ1n) is 20.9. The molecule has 8 rings (SSSR count). The highest BCUT2D eigenvalue weighted by Crippen LogP contribution is 2.46. The molecule has 3 aromatic rings. The maximum Gasteiger partial charge on any atom is 0.318 e. The molecule has 5 amide bonds. The van der Waals surface area contributed by atoms with Gasteiger partial charge in [0.25, 0.3) is 11.8 Å². The fraction of sp³-hybridized carbons (Fsp3) is 0.571. The number of thiazole rings is 1. The first-order chi connectivity index (χ1) is 29.0. The van der Waals surface area contributed by atoms with Gasteiger partial charge in [-0.15, -0.1) is 11.3 Å². The van der Waals surface area contributed by atoms with E-state index in [9.17, 15) is 36.4 Å². The van der Waals surface area contributed by atoms with Gasteiger partial charge in [-0.25, -0.2) is 32.0 Å². The van der Waals surface area contributed by atoms with Crippen molar-refractivity contribution in [3.63, 3.8) is 0 Å². The van der Waals surface area contributed by atoms with Crippen molar-refractivity contribution >= 4 is 56.0 Å². The number of halogens is 2. The minimum Gasteiger partial charge on any atom is -0.496 e. The molecule has 19 heteroatoms. The molecule has 5 atom stereocenters. The summed E-state index contributed by atoms with van der Waals surface area (Å²) < 4.78 is 68.0. The number of nitrogens with one attached hydrogen (secondary N) is 3. The second kappa shape index (κ2) is 16.4.